The number of carbonyl (C=O) groups excluding carboxylic acids is 1. The molecule has 0 saturated heterocycles. The van der Waals surface area contributed by atoms with Crippen LogP contribution in [0.5, 0.6) is 0 Å². The quantitative estimate of drug-likeness (QED) is 0.430. The predicted molar refractivity (Wildman–Crippen MR) is 120 cm³/mol. The number of hydrogen-bond donors (Lipinski definition) is 1. The van der Waals surface area contributed by atoms with Crippen molar-refractivity contribution < 1.29 is 13.2 Å². The monoisotopic (exact) mass is 461 g/mol. The van der Waals surface area contributed by atoms with Gasteiger partial charge in [-0.15, -0.1) is 0 Å². The first-order chi connectivity index (χ1) is 14.3. The van der Waals surface area contributed by atoms with Gasteiger partial charge >= 0.3 is 0 Å². The van der Waals surface area contributed by atoms with Gasteiger partial charge in [0.1, 0.15) is 0 Å². The molecule has 1 N–H and O–H groups in total. The third kappa shape index (κ3) is 4.81. The molecule has 3 aromatic carbocycles. The molecule has 30 heavy (non-hydrogen) atoms. The van der Waals surface area contributed by atoms with E-state index in [1.54, 1.807) is 48.5 Å². The number of anilines is 1. The maximum atomic E-state index is 12.7. The normalized spacial score (nSPS) is 11.4. The summed E-state index contributed by atoms with van der Waals surface area (Å²) in [5.74, 6) is -0.463. The smallest absolute Gasteiger partial charge is 0.269 e. The molecule has 6 nitrogen and oxygen atoms in total. The second kappa shape index (κ2) is 9.30. The van der Waals surface area contributed by atoms with Gasteiger partial charge in [-0.3, -0.25) is 9.10 Å². The van der Waals surface area contributed by atoms with E-state index in [4.69, 9.17) is 23.2 Å². The lowest BCUT2D eigenvalue weighted by Crippen LogP contribution is -2.26. The highest BCUT2D eigenvalue weighted by molar-refractivity contribution is 7.92. The van der Waals surface area contributed by atoms with Crippen molar-refractivity contribution in [3.8, 4) is 0 Å². The second-order valence-corrected chi connectivity index (χ2v) is 8.95. The number of halogens is 2. The number of nitrogens with one attached hydrogen (secondary N) is 1. The van der Waals surface area contributed by atoms with E-state index in [1.807, 2.05) is 0 Å². The molecular weight excluding hydrogens is 445 g/mol. The van der Waals surface area contributed by atoms with Gasteiger partial charge in [0.15, 0.2) is 0 Å². The number of sulfonamides is 1. The lowest BCUT2D eigenvalue weighted by Gasteiger charge is -2.19. The van der Waals surface area contributed by atoms with Gasteiger partial charge in [-0.05, 0) is 48.5 Å². The minimum Gasteiger partial charge on any atom is -0.269 e. The van der Waals surface area contributed by atoms with E-state index in [9.17, 15) is 13.2 Å². The lowest BCUT2D eigenvalue weighted by atomic mass is 10.2. The molecule has 0 spiro atoms. The summed E-state index contributed by atoms with van der Waals surface area (Å²) in [5.41, 5.74) is 3.61. The van der Waals surface area contributed by atoms with Crippen LogP contribution in [0, 0.1) is 0 Å². The molecule has 0 saturated carbocycles. The number of hydrazone groups is 1. The predicted octanol–water partition coefficient (Wildman–Crippen LogP) is 4.58. The van der Waals surface area contributed by atoms with E-state index in [0.717, 1.165) is 4.31 Å². The maximum Gasteiger partial charge on any atom is 0.271 e. The first-order valence-electron chi connectivity index (χ1n) is 8.72. The summed E-state index contributed by atoms with van der Waals surface area (Å²) < 4.78 is 26.5. The van der Waals surface area contributed by atoms with Crippen molar-refractivity contribution in [1.82, 2.24) is 5.43 Å². The molecule has 1 amide bonds. The molecule has 3 rings (SSSR count). The van der Waals surface area contributed by atoms with Crippen LogP contribution in [0.4, 0.5) is 5.69 Å². The van der Waals surface area contributed by atoms with Gasteiger partial charge in [-0.2, -0.15) is 5.10 Å². The average molecular weight is 462 g/mol. The number of hydrogen-bond acceptors (Lipinski definition) is 4. The molecule has 0 atom stereocenters. The molecule has 0 aliphatic carbocycles. The third-order valence-corrected chi connectivity index (χ3v) is 6.71. The summed E-state index contributed by atoms with van der Waals surface area (Å²) in [4.78, 5) is 12.5. The highest BCUT2D eigenvalue weighted by atomic mass is 35.5. The van der Waals surface area contributed by atoms with Crippen LogP contribution >= 0.6 is 23.2 Å². The van der Waals surface area contributed by atoms with Crippen molar-refractivity contribution in [3.63, 3.8) is 0 Å². The minimum absolute atomic E-state index is 0.182. The van der Waals surface area contributed by atoms with E-state index in [1.165, 1.54) is 37.5 Å². The van der Waals surface area contributed by atoms with Gasteiger partial charge in [-0.1, -0.05) is 47.5 Å². The van der Waals surface area contributed by atoms with Crippen LogP contribution in [0.25, 0.3) is 0 Å². The van der Waals surface area contributed by atoms with Crippen molar-refractivity contribution in [2.45, 2.75) is 4.90 Å². The number of nitrogens with zero attached hydrogens (tertiary/aromatic N) is 2. The van der Waals surface area contributed by atoms with Crippen LogP contribution in [-0.2, 0) is 10.0 Å². The van der Waals surface area contributed by atoms with Crippen LogP contribution in [0.2, 0.25) is 10.0 Å². The minimum atomic E-state index is -3.69. The summed E-state index contributed by atoms with van der Waals surface area (Å²) in [6, 6.07) is 19.3. The van der Waals surface area contributed by atoms with Crippen molar-refractivity contribution >= 4 is 51.0 Å². The highest BCUT2D eigenvalue weighted by Gasteiger charge is 2.21. The van der Waals surface area contributed by atoms with Gasteiger partial charge in [0.25, 0.3) is 15.9 Å². The molecule has 0 unspecified atom stereocenters. The van der Waals surface area contributed by atoms with Gasteiger partial charge < -0.3 is 0 Å². The third-order valence-electron chi connectivity index (χ3n) is 4.25. The summed E-state index contributed by atoms with van der Waals surface area (Å²) in [5, 5.41) is 4.70. The molecule has 0 aliphatic heterocycles. The Morgan fingerprint density at radius 2 is 1.53 bits per heavy atom. The molecule has 0 bridgehead atoms. The lowest BCUT2D eigenvalue weighted by molar-refractivity contribution is 0.0955. The number of rotatable bonds is 6. The molecule has 9 heteroatoms. The molecule has 0 heterocycles. The zero-order valence-electron chi connectivity index (χ0n) is 15.8. The van der Waals surface area contributed by atoms with E-state index < -0.39 is 15.9 Å². The van der Waals surface area contributed by atoms with Crippen LogP contribution in [0.3, 0.4) is 0 Å². The summed E-state index contributed by atoms with van der Waals surface area (Å²) in [7, 11) is -2.24. The average Bonchev–Trinajstić information content (AvgIpc) is 2.76. The van der Waals surface area contributed by atoms with Crippen LogP contribution < -0.4 is 9.73 Å². The molecule has 0 radical (unpaired) electrons. The molecule has 0 aromatic heterocycles. The summed E-state index contributed by atoms with van der Waals surface area (Å²) >= 11 is 12.1. The number of benzene rings is 3. The fraction of sp³-hybridized carbons (Fsp3) is 0.0476. The zero-order chi connectivity index (χ0) is 21.7. The fourth-order valence-electron chi connectivity index (χ4n) is 2.57. The Balaban J connectivity index is 1.71. The zero-order valence-corrected chi connectivity index (χ0v) is 18.1. The van der Waals surface area contributed by atoms with E-state index in [0.29, 0.717) is 26.9 Å². The van der Waals surface area contributed by atoms with E-state index >= 15 is 0 Å². The topological polar surface area (TPSA) is 78.8 Å². The van der Waals surface area contributed by atoms with Gasteiger partial charge in [0.05, 0.1) is 26.8 Å². The van der Waals surface area contributed by atoms with Crippen molar-refractivity contribution in [2.24, 2.45) is 5.10 Å². The van der Waals surface area contributed by atoms with Crippen molar-refractivity contribution in [1.29, 1.82) is 0 Å². The van der Waals surface area contributed by atoms with Gasteiger partial charge in [0.2, 0.25) is 0 Å². The highest BCUT2D eigenvalue weighted by Crippen LogP contribution is 2.23. The molecule has 0 aliphatic rings. The SMILES string of the molecule is CN(c1ccc(C(=O)N/N=C/c2c(Cl)cccc2Cl)cc1)S(=O)(=O)c1ccccc1. The Morgan fingerprint density at radius 3 is 2.13 bits per heavy atom. The Labute approximate surface area is 184 Å². The summed E-state index contributed by atoms with van der Waals surface area (Å²) in [6.07, 6.45) is 1.36. The molecular formula is C21H17Cl2N3O3S. The maximum absolute atomic E-state index is 12.7. The number of amides is 1. The van der Waals surface area contributed by atoms with E-state index in [-0.39, 0.29) is 4.90 Å². The largest absolute Gasteiger partial charge is 0.271 e. The van der Waals surface area contributed by atoms with Crippen molar-refractivity contribution in [3.05, 3.63) is 94.0 Å². The van der Waals surface area contributed by atoms with E-state index in [2.05, 4.69) is 10.5 Å². The van der Waals surface area contributed by atoms with Crippen LogP contribution in [0.15, 0.2) is 82.8 Å². The Kier molecular flexibility index (Phi) is 6.77. The first-order valence-corrected chi connectivity index (χ1v) is 10.9. The van der Waals surface area contributed by atoms with Crippen molar-refractivity contribution in [2.75, 3.05) is 11.4 Å². The Hall–Kier alpha value is -2.87. The molecule has 154 valence electrons. The Morgan fingerprint density at radius 1 is 0.933 bits per heavy atom. The Bertz CT molecular complexity index is 1160. The standard InChI is InChI=1S/C21H17Cl2N3O3S/c1-26(30(28,29)17-6-3-2-4-7-17)16-12-10-15(11-13-16)21(27)25-24-14-18-19(22)8-5-9-20(18)23/h2-14H,1H3,(H,25,27)/b24-14+. The molecule has 0 fully saturated rings. The number of carbonyl (C=O) groups is 1. The van der Waals surface area contributed by atoms with Gasteiger partial charge in [-0.25, -0.2) is 13.8 Å². The fourth-order valence-corrected chi connectivity index (χ4v) is 4.28. The second-order valence-electron chi connectivity index (χ2n) is 6.17. The van der Waals surface area contributed by atoms with Crippen LogP contribution in [-0.4, -0.2) is 27.6 Å². The first kappa shape index (κ1) is 21.8. The van der Waals surface area contributed by atoms with Crippen LogP contribution in [0.1, 0.15) is 15.9 Å². The summed E-state index contributed by atoms with van der Waals surface area (Å²) in [6.45, 7) is 0. The molecule has 3 aromatic rings. The van der Waals surface area contributed by atoms with Gasteiger partial charge in [0, 0.05) is 18.2 Å².